The Bertz CT molecular complexity index is 469. The van der Waals surface area contributed by atoms with Crippen molar-refractivity contribution in [1.82, 2.24) is 4.90 Å². The molecule has 1 aliphatic rings. The summed E-state index contributed by atoms with van der Waals surface area (Å²) in [7, 11) is 1.50. The number of amides is 2. The minimum atomic E-state index is -0.721. The number of amidine groups is 1. The SMILES string of the molecule is CN1C(=O)N=C(N)C1c1c(F)cccc1Cl. The van der Waals surface area contributed by atoms with Crippen LogP contribution in [0.3, 0.4) is 0 Å². The van der Waals surface area contributed by atoms with Gasteiger partial charge in [-0.05, 0) is 12.1 Å². The van der Waals surface area contributed by atoms with E-state index in [-0.39, 0.29) is 16.4 Å². The van der Waals surface area contributed by atoms with Crippen LogP contribution >= 0.6 is 11.6 Å². The van der Waals surface area contributed by atoms with Gasteiger partial charge in [-0.2, -0.15) is 4.99 Å². The van der Waals surface area contributed by atoms with Crippen LogP contribution in [0.25, 0.3) is 0 Å². The molecule has 2 rings (SSSR count). The van der Waals surface area contributed by atoms with Crippen molar-refractivity contribution in [3.8, 4) is 0 Å². The van der Waals surface area contributed by atoms with Gasteiger partial charge >= 0.3 is 6.03 Å². The van der Waals surface area contributed by atoms with Gasteiger partial charge in [-0.3, -0.25) is 0 Å². The Morgan fingerprint density at radius 1 is 1.56 bits per heavy atom. The van der Waals surface area contributed by atoms with Gasteiger partial charge in [-0.15, -0.1) is 0 Å². The minimum Gasteiger partial charge on any atom is -0.385 e. The predicted octanol–water partition coefficient (Wildman–Crippen LogP) is 1.94. The van der Waals surface area contributed by atoms with Crippen molar-refractivity contribution in [2.24, 2.45) is 10.7 Å². The fourth-order valence-corrected chi connectivity index (χ4v) is 1.94. The second-order valence-electron chi connectivity index (χ2n) is 3.47. The average molecular weight is 242 g/mol. The highest BCUT2D eigenvalue weighted by Gasteiger charge is 2.34. The van der Waals surface area contributed by atoms with Gasteiger partial charge in [-0.1, -0.05) is 17.7 Å². The first-order valence-electron chi connectivity index (χ1n) is 4.57. The predicted molar refractivity (Wildman–Crippen MR) is 58.9 cm³/mol. The van der Waals surface area contributed by atoms with Crippen LogP contribution in [0, 0.1) is 5.82 Å². The topological polar surface area (TPSA) is 58.7 Å². The molecule has 0 bridgehead atoms. The summed E-state index contributed by atoms with van der Waals surface area (Å²) in [4.78, 5) is 16.1. The molecule has 1 aromatic carbocycles. The molecule has 1 aliphatic heterocycles. The van der Waals surface area contributed by atoms with Crippen molar-refractivity contribution in [2.75, 3.05) is 7.05 Å². The Kier molecular flexibility index (Phi) is 2.55. The summed E-state index contributed by atoms with van der Waals surface area (Å²) in [5.41, 5.74) is 5.77. The van der Waals surface area contributed by atoms with Crippen LogP contribution in [-0.4, -0.2) is 23.8 Å². The molecule has 2 amide bonds. The highest BCUT2D eigenvalue weighted by atomic mass is 35.5. The number of benzene rings is 1. The van der Waals surface area contributed by atoms with Crippen molar-refractivity contribution >= 4 is 23.5 Å². The lowest BCUT2D eigenvalue weighted by atomic mass is 10.1. The van der Waals surface area contributed by atoms with Crippen molar-refractivity contribution in [1.29, 1.82) is 0 Å². The molecular weight excluding hydrogens is 233 g/mol. The molecule has 2 N–H and O–H groups in total. The zero-order valence-electron chi connectivity index (χ0n) is 8.45. The monoisotopic (exact) mass is 241 g/mol. The Morgan fingerprint density at radius 3 is 2.75 bits per heavy atom. The van der Waals surface area contributed by atoms with E-state index in [2.05, 4.69) is 4.99 Å². The number of hydrogen-bond acceptors (Lipinski definition) is 2. The third kappa shape index (κ3) is 1.53. The van der Waals surface area contributed by atoms with Gasteiger partial charge < -0.3 is 10.6 Å². The van der Waals surface area contributed by atoms with E-state index in [1.54, 1.807) is 6.07 Å². The molecule has 16 heavy (non-hydrogen) atoms. The molecule has 0 saturated carbocycles. The molecule has 0 radical (unpaired) electrons. The Labute approximate surface area is 96.5 Å². The number of nitrogens with zero attached hydrogens (tertiary/aromatic N) is 2. The first-order chi connectivity index (χ1) is 7.52. The summed E-state index contributed by atoms with van der Waals surface area (Å²) < 4.78 is 13.6. The van der Waals surface area contributed by atoms with E-state index in [0.717, 1.165) is 0 Å². The van der Waals surface area contributed by atoms with E-state index < -0.39 is 17.9 Å². The average Bonchev–Trinajstić information content (AvgIpc) is 2.44. The summed E-state index contributed by atoms with van der Waals surface area (Å²) in [6.07, 6.45) is 0. The van der Waals surface area contributed by atoms with E-state index in [4.69, 9.17) is 17.3 Å². The van der Waals surface area contributed by atoms with Crippen LogP contribution in [0.2, 0.25) is 5.02 Å². The van der Waals surface area contributed by atoms with Crippen LogP contribution in [0.5, 0.6) is 0 Å². The first-order valence-corrected chi connectivity index (χ1v) is 4.95. The summed E-state index contributed by atoms with van der Waals surface area (Å²) in [6, 6.07) is 3.09. The fraction of sp³-hybridized carbons (Fsp3) is 0.200. The molecule has 0 fully saturated rings. The van der Waals surface area contributed by atoms with Crippen molar-refractivity contribution in [3.63, 3.8) is 0 Å². The molecule has 1 unspecified atom stereocenters. The summed E-state index contributed by atoms with van der Waals surface area (Å²) in [5, 5.41) is 0.227. The summed E-state index contributed by atoms with van der Waals surface area (Å²) >= 11 is 5.90. The second-order valence-corrected chi connectivity index (χ2v) is 3.88. The Morgan fingerprint density at radius 2 is 2.25 bits per heavy atom. The van der Waals surface area contributed by atoms with E-state index in [1.165, 1.54) is 24.1 Å². The zero-order valence-corrected chi connectivity index (χ0v) is 9.20. The molecule has 1 atom stereocenters. The number of likely N-dealkylation sites (N-methyl/N-ethyl adjacent to an activating group) is 1. The van der Waals surface area contributed by atoms with E-state index in [0.29, 0.717) is 0 Å². The van der Waals surface area contributed by atoms with Crippen molar-refractivity contribution < 1.29 is 9.18 Å². The van der Waals surface area contributed by atoms with Gasteiger partial charge in [0.05, 0.1) is 0 Å². The van der Waals surface area contributed by atoms with Crippen LogP contribution in [0.1, 0.15) is 11.6 Å². The van der Waals surface area contributed by atoms with Crippen LogP contribution in [0.4, 0.5) is 9.18 Å². The van der Waals surface area contributed by atoms with Gasteiger partial charge in [0.25, 0.3) is 0 Å². The van der Waals surface area contributed by atoms with E-state index in [1.807, 2.05) is 0 Å². The molecule has 1 heterocycles. The maximum Gasteiger partial charge on any atom is 0.345 e. The van der Waals surface area contributed by atoms with Gasteiger partial charge in [-0.25, -0.2) is 9.18 Å². The number of hydrogen-bond donors (Lipinski definition) is 1. The largest absolute Gasteiger partial charge is 0.385 e. The van der Waals surface area contributed by atoms with Crippen LogP contribution in [0.15, 0.2) is 23.2 Å². The molecule has 6 heteroatoms. The number of urea groups is 1. The molecule has 4 nitrogen and oxygen atoms in total. The number of nitrogens with two attached hydrogens (primary N) is 1. The highest BCUT2D eigenvalue weighted by molar-refractivity contribution is 6.31. The molecule has 0 spiro atoms. The quantitative estimate of drug-likeness (QED) is 0.817. The molecule has 0 aliphatic carbocycles. The van der Waals surface area contributed by atoms with E-state index in [9.17, 15) is 9.18 Å². The maximum absolute atomic E-state index is 13.6. The van der Waals surface area contributed by atoms with Crippen molar-refractivity contribution in [2.45, 2.75) is 6.04 Å². The van der Waals surface area contributed by atoms with Gasteiger partial charge in [0.15, 0.2) is 0 Å². The maximum atomic E-state index is 13.6. The molecule has 1 aromatic rings. The molecule has 0 aromatic heterocycles. The van der Waals surface area contributed by atoms with Gasteiger partial charge in [0.2, 0.25) is 0 Å². The highest BCUT2D eigenvalue weighted by Crippen LogP contribution is 2.32. The summed E-state index contributed by atoms with van der Waals surface area (Å²) in [6.45, 7) is 0. The van der Waals surface area contributed by atoms with Gasteiger partial charge in [0.1, 0.15) is 17.7 Å². The Hall–Kier alpha value is -1.62. The third-order valence-electron chi connectivity index (χ3n) is 2.47. The zero-order chi connectivity index (χ0) is 11.9. The molecule has 84 valence electrons. The normalized spacial score (nSPS) is 20.2. The minimum absolute atomic E-state index is 0.0551. The van der Waals surface area contributed by atoms with Gasteiger partial charge in [0, 0.05) is 17.6 Å². The molecular formula is C10H9ClFN3O. The lowest BCUT2D eigenvalue weighted by Gasteiger charge is -2.21. The van der Waals surface area contributed by atoms with Crippen LogP contribution in [-0.2, 0) is 0 Å². The summed E-state index contributed by atoms with van der Waals surface area (Å²) in [5.74, 6) is -0.447. The number of aliphatic imine (C=N–C) groups is 1. The molecule has 0 saturated heterocycles. The fourth-order valence-electron chi connectivity index (χ4n) is 1.67. The lowest BCUT2D eigenvalue weighted by molar-refractivity contribution is 0.218. The Balaban J connectivity index is 2.54. The van der Waals surface area contributed by atoms with E-state index >= 15 is 0 Å². The number of carbonyl (C=O) groups is 1. The standard InChI is InChI=1S/C10H9ClFN3O/c1-15-8(9(13)14-10(15)16)7-5(11)3-2-4-6(7)12/h2-4,8H,1H3,(H2,13,14,16). The smallest absolute Gasteiger partial charge is 0.345 e. The lowest BCUT2D eigenvalue weighted by Crippen LogP contribution is -2.31. The second kappa shape index (κ2) is 3.75. The third-order valence-corrected chi connectivity index (χ3v) is 2.80. The number of halogens is 2. The first kappa shape index (κ1) is 10.9. The number of rotatable bonds is 1. The number of carbonyl (C=O) groups excluding carboxylic acids is 1. The van der Waals surface area contributed by atoms with Crippen LogP contribution < -0.4 is 5.73 Å². The van der Waals surface area contributed by atoms with Crippen molar-refractivity contribution in [3.05, 3.63) is 34.6 Å².